The quantitative estimate of drug-likeness (QED) is 0.260. The fourth-order valence-electron chi connectivity index (χ4n) is 4.82. The van der Waals surface area contributed by atoms with Gasteiger partial charge in [0, 0.05) is 16.6 Å². The van der Waals surface area contributed by atoms with Crippen LogP contribution in [0.1, 0.15) is 5.56 Å². The summed E-state index contributed by atoms with van der Waals surface area (Å²) in [6.07, 6.45) is 0. The van der Waals surface area contributed by atoms with Gasteiger partial charge < -0.3 is 4.57 Å². The molecule has 0 aliphatic carbocycles. The first-order chi connectivity index (χ1) is 16.8. The number of hydrogen-bond acceptors (Lipinski definition) is 0. The van der Waals surface area contributed by atoms with Crippen molar-refractivity contribution in [1.82, 2.24) is 4.57 Å². The van der Waals surface area contributed by atoms with E-state index >= 15 is 0 Å². The molecule has 0 bridgehead atoms. The highest BCUT2D eigenvalue weighted by Gasteiger charge is 2.20. The molecule has 1 nitrogen and oxygen atoms in total. The third-order valence-electron chi connectivity index (χ3n) is 6.49. The van der Waals surface area contributed by atoms with Gasteiger partial charge in [0.2, 0.25) is 0 Å². The summed E-state index contributed by atoms with van der Waals surface area (Å²) in [4.78, 5) is 0. The molecule has 1 heterocycles. The summed E-state index contributed by atoms with van der Waals surface area (Å²) in [5.41, 5.74) is 11.0. The van der Waals surface area contributed by atoms with Crippen LogP contribution < -0.4 is 0 Å². The second kappa shape index (κ2) is 8.53. The Bertz CT molecular complexity index is 1560. The Morgan fingerprint density at radius 3 is 1.62 bits per heavy atom. The van der Waals surface area contributed by atoms with Crippen molar-refractivity contribution < 1.29 is 0 Å². The molecule has 162 valence electrons. The molecule has 1 heteroatoms. The lowest BCUT2D eigenvalue weighted by atomic mass is 9.98. The maximum Gasteiger partial charge on any atom is 0.0619 e. The average Bonchev–Trinajstić information content (AvgIpc) is 3.25. The molecule has 0 aliphatic heterocycles. The Labute approximate surface area is 200 Å². The minimum absolute atomic E-state index is 1.16. The lowest BCUT2D eigenvalue weighted by Crippen LogP contribution is -1.97. The highest BCUT2D eigenvalue weighted by Crippen LogP contribution is 2.42. The van der Waals surface area contributed by atoms with Crippen molar-refractivity contribution in [2.24, 2.45) is 0 Å². The summed E-state index contributed by atoms with van der Waals surface area (Å²) in [5.74, 6) is 0. The largest absolute Gasteiger partial charge is 0.309 e. The molecular weight excluding hydrogens is 410 g/mol. The monoisotopic (exact) mass is 435 g/mol. The molecule has 0 fully saturated rings. The lowest BCUT2D eigenvalue weighted by molar-refractivity contribution is 1.14. The molecule has 0 spiro atoms. The molecule has 0 radical (unpaired) electrons. The number of fused-ring (bicyclic) bond motifs is 1. The van der Waals surface area contributed by atoms with E-state index in [1.54, 1.807) is 0 Å². The SMILES string of the molecule is Cc1ccc(-c2ccc(-n3c(-c4ccccc4)c(-c4ccccc4)c4ccccc43)cc2)cc1. The third kappa shape index (κ3) is 3.52. The van der Waals surface area contributed by atoms with Crippen molar-refractivity contribution in [3.8, 4) is 39.2 Å². The standard InChI is InChI=1S/C33H25N/c1-24-16-18-25(19-17-24)26-20-22-29(23-21-26)34-31-15-9-8-14-30(31)32(27-10-4-2-5-11-27)33(34)28-12-6-3-7-13-28/h2-23H,1H3. The smallest absolute Gasteiger partial charge is 0.0619 e. The third-order valence-corrected chi connectivity index (χ3v) is 6.49. The van der Waals surface area contributed by atoms with Gasteiger partial charge in [-0.2, -0.15) is 0 Å². The van der Waals surface area contributed by atoms with Crippen LogP contribution in [0.25, 0.3) is 50.1 Å². The van der Waals surface area contributed by atoms with Crippen molar-refractivity contribution in [3.05, 3.63) is 139 Å². The molecular formula is C33H25N. The zero-order valence-corrected chi connectivity index (χ0v) is 19.1. The Morgan fingerprint density at radius 2 is 0.971 bits per heavy atom. The van der Waals surface area contributed by atoms with E-state index in [1.165, 1.54) is 50.0 Å². The van der Waals surface area contributed by atoms with Gasteiger partial charge >= 0.3 is 0 Å². The van der Waals surface area contributed by atoms with Gasteiger partial charge in [-0.15, -0.1) is 0 Å². The maximum atomic E-state index is 2.41. The second-order valence-corrected chi connectivity index (χ2v) is 8.72. The number of para-hydroxylation sites is 1. The van der Waals surface area contributed by atoms with E-state index in [0.717, 1.165) is 5.69 Å². The second-order valence-electron chi connectivity index (χ2n) is 8.72. The normalized spacial score (nSPS) is 11.1. The van der Waals surface area contributed by atoms with Gasteiger partial charge in [0.05, 0.1) is 11.2 Å². The number of nitrogens with zero attached hydrogens (tertiary/aromatic N) is 1. The highest BCUT2D eigenvalue weighted by atomic mass is 15.0. The molecule has 0 saturated heterocycles. The minimum atomic E-state index is 1.16. The molecule has 0 atom stereocenters. The number of benzene rings is 5. The zero-order chi connectivity index (χ0) is 22.9. The van der Waals surface area contributed by atoms with Crippen molar-refractivity contribution in [1.29, 1.82) is 0 Å². The molecule has 34 heavy (non-hydrogen) atoms. The van der Waals surface area contributed by atoms with Gasteiger partial charge in [-0.25, -0.2) is 0 Å². The van der Waals surface area contributed by atoms with Crippen molar-refractivity contribution >= 4 is 10.9 Å². The molecule has 0 unspecified atom stereocenters. The summed E-state index contributed by atoms with van der Waals surface area (Å²) in [7, 11) is 0. The van der Waals surface area contributed by atoms with Gasteiger partial charge in [0.15, 0.2) is 0 Å². The predicted molar refractivity (Wildman–Crippen MR) is 144 cm³/mol. The van der Waals surface area contributed by atoms with E-state index < -0.39 is 0 Å². The Kier molecular flexibility index (Phi) is 5.08. The van der Waals surface area contributed by atoms with E-state index in [-0.39, 0.29) is 0 Å². The first kappa shape index (κ1) is 20.3. The Hall–Kier alpha value is -4.36. The topological polar surface area (TPSA) is 4.93 Å². The average molecular weight is 436 g/mol. The van der Waals surface area contributed by atoms with Crippen LogP contribution in [0.2, 0.25) is 0 Å². The van der Waals surface area contributed by atoms with Crippen LogP contribution in [0.5, 0.6) is 0 Å². The molecule has 0 saturated carbocycles. The molecule has 0 aliphatic rings. The summed E-state index contributed by atoms with van der Waals surface area (Å²) in [5, 5.41) is 1.26. The molecule has 1 aromatic heterocycles. The van der Waals surface area contributed by atoms with E-state index in [2.05, 4.69) is 145 Å². The fraction of sp³-hybridized carbons (Fsp3) is 0.0303. The number of rotatable bonds is 4. The van der Waals surface area contributed by atoms with Crippen LogP contribution in [0, 0.1) is 6.92 Å². The van der Waals surface area contributed by atoms with Gasteiger partial charge in [0.1, 0.15) is 0 Å². The lowest BCUT2D eigenvalue weighted by Gasteiger charge is -2.14. The highest BCUT2D eigenvalue weighted by molar-refractivity contribution is 6.05. The van der Waals surface area contributed by atoms with Gasteiger partial charge in [-0.1, -0.05) is 121 Å². The molecule has 6 rings (SSSR count). The van der Waals surface area contributed by atoms with Crippen molar-refractivity contribution in [3.63, 3.8) is 0 Å². The number of hydrogen-bond donors (Lipinski definition) is 0. The number of aromatic nitrogens is 1. The van der Waals surface area contributed by atoms with Gasteiger partial charge in [-0.05, 0) is 47.4 Å². The zero-order valence-electron chi connectivity index (χ0n) is 19.1. The molecule has 0 amide bonds. The summed E-state index contributed by atoms with van der Waals surface area (Å²) in [6.45, 7) is 2.12. The van der Waals surface area contributed by atoms with Crippen LogP contribution >= 0.6 is 0 Å². The summed E-state index contributed by atoms with van der Waals surface area (Å²) >= 11 is 0. The summed E-state index contributed by atoms with van der Waals surface area (Å²) < 4.78 is 2.41. The molecule has 6 aromatic rings. The van der Waals surface area contributed by atoms with Crippen LogP contribution in [0.3, 0.4) is 0 Å². The fourth-order valence-corrected chi connectivity index (χ4v) is 4.82. The van der Waals surface area contributed by atoms with E-state index in [0.29, 0.717) is 0 Å². The van der Waals surface area contributed by atoms with Crippen LogP contribution in [0.4, 0.5) is 0 Å². The minimum Gasteiger partial charge on any atom is -0.309 e. The molecule has 0 N–H and O–H groups in total. The van der Waals surface area contributed by atoms with Crippen molar-refractivity contribution in [2.75, 3.05) is 0 Å². The van der Waals surface area contributed by atoms with E-state index in [4.69, 9.17) is 0 Å². The van der Waals surface area contributed by atoms with Gasteiger partial charge in [0.25, 0.3) is 0 Å². The maximum absolute atomic E-state index is 2.41. The molecule has 5 aromatic carbocycles. The van der Waals surface area contributed by atoms with Gasteiger partial charge in [-0.3, -0.25) is 0 Å². The Morgan fingerprint density at radius 1 is 0.441 bits per heavy atom. The van der Waals surface area contributed by atoms with Crippen LogP contribution in [0.15, 0.2) is 133 Å². The first-order valence-corrected chi connectivity index (χ1v) is 11.7. The van der Waals surface area contributed by atoms with Crippen molar-refractivity contribution in [2.45, 2.75) is 6.92 Å². The number of aryl methyl sites for hydroxylation is 1. The van der Waals surface area contributed by atoms with Crippen LogP contribution in [-0.2, 0) is 0 Å². The predicted octanol–water partition coefficient (Wildman–Crippen LogP) is 8.94. The van der Waals surface area contributed by atoms with Crippen LogP contribution in [-0.4, -0.2) is 4.57 Å². The summed E-state index contributed by atoms with van der Waals surface area (Å²) in [6, 6.07) is 47.8. The first-order valence-electron chi connectivity index (χ1n) is 11.7. The van der Waals surface area contributed by atoms with E-state index in [1.807, 2.05) is 0 Å². The van der Waals surface area contributed by atoms with E-state index in [9.17, 15) is 0 Å². The Balaban J connectivity index is 1.61.